The number of methoxy groups -OCH3 is 1. The van der Waals surface area contributed by atoms with Gasteiger partial charge in [-0.1, -0.05) is 30.3 Å². The lowest BCUT2D eigenvalue weighted by atomic mass is 10.1. The highest BCUT2D eigenvalue weighted by Crippen LogP contribution is 2.02. The number of rotatable bonds is 7. The van der Waals surface area contributed by atoms with Gasteiger partial charge in [0.15, 0.2) is 0 Å². The van der Waals surface area contributed by atoms with Crippen molar-refractivity contribution in [2.45, 2.75) is 6.42 Å². The van der Waals surface area contributed by atoms with Crippen LogP contribution in [0.5, 0.6) is 0 Å². The summed E-state index contributed by atoms with van der Waals surface area (Å²) >= 11 is 0. The molecule has 94 valence electrons. The average molecular weight is 237 g/mol. The van der Waals surface area contributed by atoms with Gasteiger partial charge in [-0.3, -0.25) is 4.79 Å². The fourth-order valence-electron chi connectivity index (χ4n) is 1.57. The Bertz CT molecular complexity index is 327. The van der Waals surface area contributed by atoms with Gasteiger partial charge in [0.05, 0.1) is 19.6 Å². The van der Waals surface area contributed by atoms with Crippen LogP contribution in [-0.4, -0.2) is 49.3 Å². The molecule has 4 heteroatoms. The van der Waals surface area contributed by atoms with E-state index in [1.54, 1.807) is 12.0 Å². The first-order valence-corrected chi connectivity index (χ1v) is 5.69. The molecular formula is C13H19NO3. The molecule has 0 saturated carbocycles. The summed E-state index contributed by atoms with van der Waals surface area (Å²) in [4.78, 5) is 13.6. The maximum Gasteiger partial charge on any atom is 0.227 e. The lowest BCUT2D eigenvalue weighted by Gasteiger charge is -2.21. The van der Waals surface area contributed by atoms with Crippen LogP contribution in [0.4, 0.5) is 0 Å². The first-order valence-electron chi connectivity index (χ1n) is 5.69. The minimum absolute atomic E-state index is 0.0160. The topological polar surface area (TPSA) is 49.8 Å². The second-order valence-electron chi connectivity index (χ2n) is 3.76. The van der Waals surface area contributed by atoms with Gasteiger partial charge < -0.3 is 14.7 Å². The number of carbonyl (C=O) groups excluding carboxylic acids is 1. The number of benzene rings is 1. The number of amides is 1. The summed E-state index contributed by atoms with van der Waals surface area (Å²) in [6.45, 7) is 1.34. The van der Waals surface area contributed by atoms with Gasteiger partial charge in [0.25, 0.3) is 0 Å². The smallest absolute Gasteiger partial charge is 0.227 e. The third-order valence-electron chi connectivity index (χ3n) is 2.49. The molecule has 0 bridgehead atoms. The monoisotopic (exact) mass is 237 g/mol. The van der Waals surface area contributed by atoms with Crippen molar-refractivity contribution in [2.75, 3.05) is 33.4 Å². The summed E-state index contributed by atoms with van der Waals surface area (Å²) in [6.07, 6.45) is 0.366. The van der Waals surface area contributed by atoms with Crippen LogP contribution in [0.1, 0.15) is 5.56 Å². The normalized spacial score (nSPS) is 10.2. The Labute approximate surface area is 102 Å². The zero-order chi connectivity index (χ0) is 12.5. The molecule has 0 aliphatic heterocycles. The van der Waals surface area contributed by atoms with E-state index in [9.17, 15) is 4.79 Å². The Balaban J connectivity index is 2.52. The molecule has 1 aromatic rings. The highest BCUT2D eigenvalue weighted by molar-refractivity contribution is 5.78. The van der Waals surface area contributed by atoms with E-state index in [2.05, 4.69) is 0 Å². The number of aliphatic hydroxyl groups is 1. The molecule has 1 amide bonds. The first kappa shape index (κ1) is 13.7. The molecule has 0 heterocycles. The van der Waals surface area contributed by atoms with E-state index < -0.39 is 0 Å². The zero-order valence-electron chi connectivity index (χ0n) is 10.1. The predicted molar refractivity (Wildman–Crippen MR) is 65.7 cm³/mol. The molecule has 0 spiro atoms. The third kappa shape index (κ3) is 4.97. The van der Waals surface area contributed by atoms with Crippen molar-refractivity contribution in [3.63, 3.8) is 0 Å². The molecule has 0 unspecified atom stereocenters. The third-order valence-corrected chi connectivity index (χ3v) is 2.49. The molecule has 4 nitrogen and oxygen atoms in total. The van der Waals surface area contributed by atoms with Crippen molar-refractivity contribution in [3.05, 3.63) is 35.9 Å². The largest absolute Gasteiger partial charge is 0.395 e. The molecule has 0 aliphatic rings. The Kier molecular flexibility index (Phi) is 6.29. The second kappa shape index (κ2) is 7.81. The van der Waals surface area contributed by atoms with Crippen LogP contribution in [0.15, 0.2) is 30.3 Å². The van der Waals surface area contributed by atoms with Gasteiger partial charge in [0, 0.05) is 20.2 Å². The lowest BCUT2D eigenvalue weighted by molar-refractivity contribution is -0.131. The molecule has 0 atom stereocenters. The van der Waals surface area contributed by atoms with E-state index in [-0.39, 0.29) is 12.5 Å². The lowest BCUT2D eigenvalue weighted by Crippen LogP contribution is -2.37. The minimum Gasteiger partial charge on any atom is -0.395 e. The van der Waals surface area contributed by atoms with Gasteiger partial charge in [0.1, 0.15) is 0 Å². The van der Waals surface area contributed by atoms with Gasteiger partial charge in [0.2, 0.25) is 5.91 Å². The van der Waals surface area contributed by atoms with Crippen molar-refractivity contribution in [1.82, 2.24) is 4.90 Å². The van der Waals surface area contributed by atoms with Crippen LogP contribution in [-0.2, 0) is 16.0 Å². The maximum atomic E-state index is 12.0. The molecular weight excluding hydrogens is 218 g/mol. The van der Waals surface area contributed by atoms with E-state index in [0.717, 1.165) is 5.56 Å². The van der Waals surface area contributed by atoms with E-state index in [4.69, 9.17) is 9.84 Å². The van der Waals surface area contributed by atoms with Gasteiger partial charge in [-0.25, -0.2) is 0 Å². The molecule has 1 aromatic carbocycles. The standard InChI is InChI=1S/C13H19NO3/c1-17-10-8-14(7-9-15)13(16)11-12-5-3-2-4-6-12/h2-6,15H,7-11H2,1H3. The Morgan fingerprint density at radius 2 is 2.00 bits per heavy atom. The number of carbonyl (C=O) groups is 1. The SMILES string of the molecule is COCCN(CCO)C(=O)Cc1ccccc1. The van der Waals surface area contributed by atoms with E-state index in [1.807, 2.05) is 30.3 Å². The highest BCUT2D eigenvalue weighted by atomic mass is 16.5. The molecule has 1 rings (SSSR count). The summed E-state index contributed by atoms with van der Waals surface area (Å²) in [6, 6.07) is 9.59. The van der Waals surface area contributed by atoms with E-state index in [0.29, 0.717) is 26.1 Å². The molecule has 0 radical (unpaired) electrons. The predicted octanol–water partition coefficient (Wildman–Crippen LogP) is 0.696. The molecule has 0 aromatic heterocycles. The summed E-state index contributed by atoms with van der Waals surface area (Å²) in [5, 5.41) is 8.92. The average Bonchev–Trinajstić information content (AvgIpc) is 2.35. The number of aliphatic hydroxyl groups excluding tert-OH is 1. The van der Waals surface area contributed by atoms with Gasteiger partial charge in [-0.2, -0.15) is 0 Å². The molecule has 0 aliphatic carbocycles. The number of nitrogens with zero attached hydrogens (tertiary/aromatic N) is 1. The highest BCUT2D eigenvalue weighted by Gasteiger charge is 2.12. The molecule has 1 N–H and O–H groups in total. The second-order valence-corrected chi connectivity index (χ2v) is 3.76. The number of hydrogen-bond donors (Lipinski definition) is 1. The molecule has 0 saturated heterocycles. The first-order chi connectivity index (χ1) is 8.27. The summed E-state index contributed by atoms with van der Waals surface area (Å²) in [5.41, 5.74) is 0.984. The van der Waals surface area contributed by atoms with Gasteiger partial charge in [-0.05, 0) is 5.56 Å². The fourth-order valence-corrected chi connectivity index (χ4v) is 1.57. The zero-order valence-corrected chi connectivity index (χ0v) is 10.1. The van der Waals surface area contributed by atoms with E-state index in [1.165, 1.54) is 0 Å². The minimum atomic E-state index is -0.0236. The summed E-state index contributed by atoms with van der Waals surface area (Å²) in [7, 11) is 1.60. The quantitative estimate of drug-likeness (QED) is 0.759. The van der Waals surface area contributed by atoms with Crippen molar-refractivity contribution in [2.24, 2.45) is 0 Å². The van der Waals surface area contributed by atoms with Crippen LogP contribution in [0.3, 0.4) is 0 Å². The van der Waals surface area contributed by atoms with E-state index >= 15 is 0 Å². The molecule has 17 heavy (non-hydrogen) atoms. The fraction of sp³-hybridized carbons (Fsp3) is 0.462. The van der Waals surface area contributed by atoms with Crippen molar-refractivity contribution in [3.8, 4) is 0 Å². The summed E-state index contributed by atoms with van der Waals surface area (Å²) < 4.78 is 4.94. The Hall–Kier alpha value is -1.39. The van der Waals surface area contributed by atoms with Crippen LogP contribution in [0.25, 0.3) is 0 Å². The number of hydrogen-bond acceptors (Lipinski definition) is 3. The van der Waals surface area contributed by atoms with Crippen LogP contribution >= 0.6 is 0 Å². The van der Waals surface area contributed by atoms with Crippen molar-refractivity contribution < 1.29 is 14.6 Å². The number of ether oxygens (including phenoxy) is 1. The van der Waals surface area contributed by atoms with Crippen molar-refractivity contribution in [1.29, 1.82) is 0 Å². The van der Waals surface area contributed by atoms with Crippen molar-refractivity contribution >= 4 is 5.91 Å². The maximum absolute atomic E-state index is 12.0. The van der Waals surface area contributed by atoms with Crippen LogP contribution in [0, 0.1) is 0 Å². The van der Waals surface area contributed by atoms with Crippen LogP contribution in [0.2, 0.25) is 0 Å². The Morgan fingerprint density at radius 3 is 2.59 bits per heavy atom. The van der Waals surface area contributed by atoms with Crippen LogP contribution < -0.4 is 0 Å². The summed E-state index contributed by atoms with van der Waals surface area (Å²) in [5.74, 6) is 0.0160. The Morgan fingerprint density at radius 1 is 1.29 bits per heavy atom. The van der Waals surface area contributed by atoms with Gasteiger partial charge >= 0.3 is 0 Å². The van der Waals surface area contributed by atoms with Gasteiger partial charge in [-0.15, -0.1) is 0 Å². The molecule has 0 fully saturated rings.